The average molecular weight is 356 g/mol. The van der Waals surface area contributed by atoms with Gasteiger partial charge in [-0.3, -0.25) is 9.78 Å². The SMILES string of the molecule is O=C(N[C@H]1CCCC(O)(C#Cc2cccc(Cl)c2)C1)c1cnccn1. The van der Waals surface area contributed by atoms with Crippen molar-refractivity contribution < 1.29 is 9.90 Å². The molecule has 0 bridgehead atoms. The van der Waals surface area contributed by atoms with Gasteiger partial charge in [-0.05, 0) is 37.5 Å². The van der Waals surface area contributed by atoms with Crippen molar-refractivity contribution in [3.05, 3.63) is 59.1 Å². The molecule has 1 amide bonds. The van der Waals surface area contributed by atoms with Crippen molar-refractivity contribution in [1.29, 1.82) is 0 Å². The van der Waals surface area contributed by atoms with E-state index in [1.54, 1.807) is 12.1 Å². The number of hydrogen-bond donors (Lipinski definition) is 2. The summed E-state index contributed by atoms with van der Waals surface area (Å²) < 4.78 is 0. The van der Waals surface area contributed by atoms with E-state index in [4.69, 9.17) is 11.6 Å². The highest BCUT2D eigenvalue weighted by atomic mass is 35.5. The number of aliphatic hydroxyl groups is 1. The molecule has 2 N–H and O–H groups in total. The molecule has 3 rings (SSSR count). The fraction of sp³-hybridized carbons (Fsp3) is 0.316. The zero-order valence-electron chi connectivity index (χ0n) is 13.6. The van der Waals surface area contributed by atoms with E-state index in [0.29, 0.717) is 17.9 Å². The minimum absolute atomic E-state index is 0.151. The molecule has 0 radical (unpaired) electrons. The van der Waals surface area contributed by atoms with Crippen LogP contribution in [0.3, 0.4) is 0 Å². The number of amides is 1. The van der Waals surface area contributed by atoms with E-state index in [9.17, 15) is 9.90 Å². The molecule has 1 aromatic heterocycles. The third-order valence-electron chi connectivity index (χ3n) is 4.12. The van der Waals surface area contributed by atoms with Crippen LogP contribution in [-0.2, 0) is 0 Å². The first kappa shape index (κ1) is 17.4. The van der Waals surface area contributed by atoms with Crippen molar-refractivity contribution in [2.45, 2.75) is 37.3 Å². The monoisotopic (exact) mass is 355 g/mol. The molecule has 5 nitrogen and oxygen atoms in total. The molecule has 0 saturated heterocycles. The predicted octanol–water partition coefficient (Wildman–Crippen LogP) is 2.59. The quantitative estimate of drug-likeness (QED) is 0.812. The van der Waals surface area contributed by atoms with Gasteiger partial charge in [-0.15, -0.1) is 0 Å². The summed E-state index contributed by atoms with van der Waals surface area (Å²) in [5, 5.41) is 14.3. The van der Waals surface area contributed by atoms with Crippen molar-refractivity contribution in [1.82, 2.24) is 15.3 Å². The number of nitrogens with zero attached hydrogens (tertiary/aromatic N) is 2. The number of nitrogens with one attached hydrogen (secondary N) is 1. The summed E-state index contributed by atoms with van der Waals surface area (Å²) in [7, 11) is 0. The first-order valence-corrected chi connectivity index (χ1v) is 8.50. The summed E-state index contributed by atoms with van der Waals surface area (Å²) in [6.45, 7) is 0. The van der Waals surface area contributed by atoms with Crippen molar-refractivity contribution in [3.8, 4) is 11.8 Å². The number of halogens is 1. The van der Waals surface area contributed by atoms with Gasteiger partial charge in [0.15, 0.2) is 0 Å². The normalized spacial score (nSPS) is 22.6. The number of aromatic nitrogens is 2. The van der Waals surface area contributed by atoms with Gasteiger partial charge in [-0.25, -0.2) is 4.98 Å². The van der Waals surface area contributed by atoms with E-state index >= 15 is 0 Å². The Hall–Kier alpha value is -2.42. The van der Waals surface area contributed by atoms with Gasteiger partial charge in [0.05, 0.1) is 6.20 Å². The Kier molecular flexibility index (Phi) is 5.32. The molecule has 1 unspecified atom stereocenters. The second-order valence-electron chi connectivity index (χ2n) is 6.15. The van der Waals surface area contributed by atoms with E-state index in [2.05, 4.69) is 27.1 Å². The molecule has 0 spiro atoms. The summed E-state index contributed by atoms with van der Waals surface area (Å²) in [6.07, 6.45) is 6.96. The van der Waals surface area contributed by atoms with Gasteiger partial charge in [-0.2, -0.15) is 0 Å². The summed E-state index contributed by atoms with van der Waals surface area (Å²) in [5.41, 5.74) is -0.103. The smallest absolute Gasteiger partial charge is 0.271 e. The Morgan fingerprint density at radius 1 is 1.40 bits per heavy atom. The molecule has 25 heavy (non-hydrogen) atoms. The fourth-order valence-electron chi connectivity index (χ4n) is 2.92. The van der Waals surface area contributed by atoms with Crippen molar-refractivity contribution >= 4 is 17.5 Å². The second kappa shape index (κ2) is 7.64. The van der Waals surface area contributed by atoms with Crippen molar-refractivity contribution in [2.24, 2.45) is 0 Å². The van der Waals surface area contributed by atoms with E-state index in [-0.39, 0.29) is 17.6 Å². The summed E-state index contributed by atoms with van der Waals surface area (Å²) >= 11 is 5.95. The molecular weight excluding hydrogens is 338 g/mol. The minimum atomic E-state index is -1.12. The van der Waals surface area contributed by atoms with Gasteiger partial charge >= 0.3 is 0 Å². The molecule has 1 aliphatic carbocycles. The Morgan fingerprint density at radius 2 is 2.28 bits per heavy atom. The summed E-state index contributed by atoms with van der Waals surface area (Å²) in [6, 6.07) is 7.05. The standard InChI is InChI=1S/C19H18ClN3O2/c20-15-4-1-3-14(11-15)6-8-19(25)7-2-5-16(12-19)23-18(24)17-13-21-9-10-22-17/h1,3-4,9-11,13,16,25H,2,5,7,12H2,(H,23,24)/t16-,19?/m0/s1. The lowest BCUT2D eigenvalue weighted by Crippen LogP contribution is -2.45. The van der Waals surface area contributed by atoms with Gasteiger partial charge < -0.3 is 10.4 Å². The lowest BCUT2D eigenvalue weighted by atomic mass is 9.82. The summed E-state index contributed by atoms with van der Waals surface area (Å²) in [5.74, 6) is 5.65. The van der Waals surface area contributed by atoms with Crippen molar-refractivity contribution in [3.63, 3.8) is 0 Å². The van der Waals surface area contributed by atoms with Crippen LogP contribution in [0.2, 0.25) is 5.02 Å². The number of hydrogen-bond acceptors (Lipinski definition) is 4. The number of carbonyl (C=O) groups is 1. The molecular formula is C19H18ClN3O2. The van der Waals surface area contributed by atoms with Gasteiger partial charge in [0.2, 0.25) is 0 Å². The van der Waals surface area contributed by atoms with Gasteiger partial charge in [0, 0.05) is 35.4 Å². The highest BCUT2D eigenvalue weighted by Gasteiger charge is 2.33. The van der Waals surface area contributed by atoms with Crippen molar-refractivity contribution in [2.75, 3.05) is 0 Å². The number of benzene rings is 1. The second-order valence-corrected chi connectivity index (χ2v) is 6.59. The maximum atomic E-state index is 12.2. The fourth-order valence-corrected chi connectivity index (χ4v) is 3.11. The zero-order valence-corrected chi connectivity index (χ0v) is 14.3. The molecule has 2 aromatic rings. The van der Waals surface area contributed by atoms with E-state index in [1.807, 2.05) is 12.1 Å². The Labute approximate surface area is 151 Å². The topological polar surface area (TPSA) is 75.1 Å². The molecule has 1 saturated carbocycles. The lowest BCUT2D eigenvalue weighted by Gasteiger charge is -2.33. The third-order valence-corrected chi connectivity index (χ3v) is 4.36. The predicted molar refractivity (Wildman–Crippen MR) is 95.0 cm³/mol. The third kappa shape index (κ3) is 4.79. The molecule has 1 aromatic carbocycles. The van der Waals surface area contributed by atoms with Crippen LogP contribution in [0.15, 0.2) is 42.9 Å². The number of carbonyl (C=O) groups excluding carboxylic acids is 1. The van der Waals surface area contributed by atoms with Gasteiger partial charge in [-0.1, -0.05) is 29.5 Å². The number of rotatable bonds is 2. The Morgan fingerprint density at radius 3 is 3.04 bits per heavy atom. The summed E-state index contributed by atoms with van der Waals surface area (Å²) in [4.78, 5) is 20.1. The molecule has 6 heteroatoms. The van der Waals surface area contributed by atoms with Crippen LogP contribution < -0.4 is 5.32 Å². The van der Waals surface area contributed by atoms with Crippen LogP contribution in [0, 0.1) is 11.8 Å². The van der Waals surface area contributed by atoms with Crippen LogP contribution in [-0.4, -0.2) is 32.6 Å². The average Bonchev–Trinajstić information content (AvgIpc) is 2.61. The Balaban J connectivity index is 1.67. The maximum absolute atomic E-state index is 12.2. The Bertz CT molecular complexity index is 816. The van der Waals surface area contributed by atoms with Gasteiger partial charge in [0.1, 0.15) is 11.3 Å². The first-order valence-electron chi connectivity index (χ1n) is 8.12. The van der Waals surface area contributed by atoms with E-state index in [1.165, 1.54) is 18.6 Å². The van der Waals surface area contributed by atoms with Crippen LogP contribution in [0.4, 0.5) is 0 Å². The van der Waals surface area contributed by atoms with E-state index < -0.39 is 5.60 Å². The molecule has 1 heterocycles. The molecule has 1 aliphatic rings. The van der Waals surface area contributed by atoms with Crippen LogP contribution in [0.5, 0.6) is 0 Å². The van der Waals surface area contributed by atoms with Crippen LogP contribution >= 0.6 is 11.6 Å². The largest absolute Gasteiger partial charge is 0.378 e. The highest BCUT2D eigenvalue weighted by molar-refractivity contribution is 6.30. The van der Waals surface area contributed by atoms with Crippen LogP contribution in [0.25, 0.3) is 0 Å². The lowest BCUT2D eigenvalue weighted by molar-refractivity contribution is 0.0451. The van der Waals surface area contributed by atoms with Crippen LogP contribution in [0.1, 0.15) is 41.7 Å². The zero-order chi connectivity index (χ0) is 17.7. The molecule has 2 atom stereocenters. The van der Waals surface area contributed by atoms with Gasteiger partial charge in [0.25, 0.3) is 5.91 Å². The highest BCUT2D eigenvalue weighted by Crippen LogP contribution is 2.28. The maximum Gasteiger partial charge on any atom is 0.271 e. The first-order chi connectivity index (χ1) is 12.0. The minimum Gasteiger partial charge on any atom is -0.378 e. The molecule has 128 valence electrons. The molecule has 1 fully saturated rings. The molecule has 0 aliphatic heterocycles. The van der Waals surface area contributed by atoms with E-state index in [0.717, 1.165) is 18.4 Å².